The van der Waals surface area contributed by atoms with Crippen LogP contribution in [0.3, 0.4) is 0 Å². The lowest BCUT2D eigenvalue weighted by Gasteiger charge is -2.26. The van der Waals surface area contributed by atoms with E-state index in [-0.39, 0.29) is 16.7 Å². The molecule has 0 spiro atoms. The van der Waals surface area contributed by atoms with Gasteiger partial charge in [-0.1, -0.05) is 74.9 Å². The van der Waals surface area contributed by atoms with Crippen LogP contribution in [-0.2, 0) is 15.0 Å². The zero-order chi connectivity index (χ0) is 25.3. The SMILES string of the molecule is CCOc1ccc(N2C(=O)C(=O)/C(=C(\O)c3ccc(C)cc3)C2c2ccc(C(C)(C)C)cc2)cc1. The van der Waals surface area contributed by atoms with Crippen molar-refractivity contribution < 1.29 is 19.4 Å². The second-order valence-corrected chi connectivity index (χ2v) is 9.83. The highest BCUT2D eigenvalue weighted by Gasteiger charge is 2.47. The minimum Gasteiger partial charge on any atom is -0.507 e. The number of Topliss-reactive ketones (excluding diaryl/α,β-unsaturated/α-hetero) is 1. The fourth-order valence-electron chi connectivity index (χ4n) is 4.32. The summed E-state index contributed by atoms with van der Waals surface area (Å²) < 4.78 is 5.54. The normalized spacial score (nSPS) is 17.6. The number of rotatable bonds is 5. The Morgan fingerprint density at radius 3 is 2.06 bits per heavy atom. The van der Waals surface area contributed by atoms with Crippen molar-refractivity contribution in [1.29, 1.82) is 0 Å². The smallest absolute Gasteiger partial charge is 0.300 e. The number of ketones is 1. The molecule has 4 rings (SSSR count). The molecule has 1 aliphatic heterocycles. The Balaban J connectivity index is 1.88. The summed E-state index contributed by atoms with van der Waals surface area (Å²) >= 11 is 0. The van der Waals surface area contributed by atoms with Crippen molar-refractivity contribution in [2.75, 3.05) is 11.5 Å². The highest BCUT2D eigenvalue weighted by molar-refractivity contribution is 6.51. The monoisotopic (exact) mass is 469 g/mol. The van der Waals surface area contributed by atoms with Crippen LogP contribution in [0.4, 0.5) is 5.69 Å². The van der Waals surface area contributed by atoms with Gasteiger partial charge in [-0.2, -0.15) is 0 Å². The van der Waals surface area contributed by atoms with Crippen LogP contribution in [-0.4, -0.2) is 23.4 Å². The summed E-state index contributed by atoms with van der Waals surface area (Å²) in [5, 5.41) is 11.3. The van der Waals surface area contributed by atoms with Crippen LogP contribution in [0.5, 0.6) is 5.75 Å². The van der Waals surface area contributed by atoms with Gasteiger partial charge in [-0.25, -0.2) is 0 Å². The molecule has 1 fully saturated rings. The number of anilines is 1. The standard InChI is InChI=1S/C30H31NO4/c1-6-35-24-17-15-23(16-18-24)31-26(20-11-13-22(14-12-20)30(3,4)5)25(28(33)29(31)34)27(32)21-9-7-19(2)8-10-21/h7-18,26,32H,6H2,1-5H3/b27-25-. The molecule has 1 N–H and O–H groups in total. The number of benzene rings is 3. The Bertz CT molecular complexity index is 1260. The molecule has 1 aliphatic rings. The Labute approximate surface area is 206 Å². The second-order valence-electron chi connectivity index (χ2n) is 9.83. The number of aliphatic hydroxyl groups is 1. The number of carbonyl (C=O) groups is 2. The number of aliphatic hydroxyl groups excluding tert-OH is 1. The predicted molar refractivity (Wildman–Crippen MR) is 139 cm³/mol. The van der Waals surface area contributed by atoms with Crippen LogP contribution in [0.2, 0.25) is 0 Å². The van der Waals surface area contributed by atoms with Gasteiger partial charge in [0.25, 0.3) is 11.7 Å². The Morgan fingerprint density at radius 1 is 0.914 bits per heavy atom. The topological polar surface area (TPSA) is 66.8 Å². The van der Waals surface area contributed by atoms with Gasteiger partial charge in [0, 0.05) is 11.3 Å². The van der Waals surface area contributed by atoms with Crippen molar-refractivity contribution in [1.82, 2.24) is 0 Å². The summed E-state index contributed by atoms with van der Waals surface area (Å²) in [6, 6.07) is 21.5. The minimum atomic E-state index is -0.761. The van der Waals surface area contributed by atoms with Gasteiger partial charge in [0.1, 0.15) is 11.5 Å². The lowest BCUT2D eigenvalue weighted by molar-refractivity contribution is -0.132. The van der Waals surface area contributed by atoms with E-state index in [1.165, 1.54) is 4.90 Å². The molecule has 3 aromatic rings. The molecule has 3 aromatic carbocycles. The second kappa shape index (κ2) is 9.41. The van der Waals surface area contributed by atoms with E-state index < -0.39 is 17.7 Å². The van der Waals surface area contributed by atoms with Crippen LogP contribution in [0.1, 0.15) is 56.0 Å². The highest BCUT2D eigenvalue weighted by atomic mass is 16.5. The maximum atomic E-state index is 13.3. The van der Waals surface area contributed by atoms with Gasteiger partial charge in [-0.05, 0) is 54.7 Å². The van der Waals surface area contributed by atoms with Gasteiger partial charge in [-0.3, -0.25) is 14.5 Å². The summed E-state index contributed by atoms with van der Waals surface area (Å²) in [7, 11) is 0. The maximum Gasteiger partial charge on any atom is 0.300 e. The summed E-state index contributed by atoms with van der Waals surface area (Å²) in [4.78, 5) is 28.1. The molecule has 35 heavy (non-hydrogen) atoms. The van der Waals surface area contributed by atoms with Crippen molar-refractivity contribution in [2.45, 2.75) is 46.1 Å². The first-order valence-electron chi connectivity index (χ1n) is 11.8. The molecule has 0 aliphatic carbocycles. The predicted octanol–water partition coefficient (Wildman–Crippen LogP) is 6.32. The Morgan fingerprint density at radius 2 is 1.51 bits per heavy atom. The van der Waals surface area contributed by atoms with Gasteiger partial charge in [-0.15, -0.1) is 0 Å². The van der Waals surface area contributed by atoms with Gasteiger partial charge < -0.3 is 9.84 Å². The van der Waals surface area contributed by atoms with Gasteiger partial charge >= 0.3 is 0 Å². The number of aryl methyl sites for hydroxylation is 1. The first kappa shape index (κ1) is 24.3. The molecule has 1 amide bonds. The first-order valence-corrected chi connectivity index (χ1v) is 11.8. The van der Waals surface area contributed by atoms with E-state index in [9.17, 15) is 14.7 Å². The van der Waals surface area contributed by atoms with E-state index in [4.69, 9.17) is 4.74 Å². The molecule has 1 atom stereocenters. The zero-order valence-electron chi connectivity index (χ0n) is 20.8. The average molecular weight is 470 g/mol. The highest BCUT2D eigenvalue weighted by Crippen LogP contribution is 2.42. The van der Waals surface area contributed by atoms with E-state index in [2.05, 4.69) is 20.8 Å². The third kappa shape index (κ3) is 4.72. The van der Waals surface area contributed by atoms with Crippen molar-refractivity contribution in [3.8, 4) is 5.75 Å². The van der Waals surface area contributed by atoms with Crippen molar-refractivity contribution >= 4 is 23.1 Å². The van der Waals surface area contributed by atoms with E-state index >= 15 is 0 Å². The Hall–Kier alpha value is -3.86. The van der Waals surface area contributed by atoms with Crippen molar-refractivity contribution in [3.05, 3.63) is 101 Å². The fraction of sp³-hybridized carbons (Fsp3) is 0.267. The molecule has 180 valence electrons. The molecular weight excluding hydrogens is 438 g/mol. The van der Waals surface area contributed by atoms with Crippen molar-refractivity contribution in [3.63, 3.8) is 0 Å². The number of carbonyl (C=O) groups excluding carboxylic acids is 2. The number of nitrogens with zero attached hydrogens (tertiary/aromatic N) is 1. The molecule has 1 saturated heterocycles. The molecule has 5 heteroatoms. The average Bonchev–Trinajstić information content (AvgIpc) is 3.10. The third-order valence-corrected chi connectivity index (χ3v) is 6.29. The number of ether oxygens (including phenoxy) is 1. The lowest BCUT2D eigenvalue weighted by Crippen LogP contribution is -2.29. The quantitative estimate of drug-likeness (QED) is 0.270. The lowest BCUT2D eigenvalue weighted by atomic mass is 9.85. The summed E-state index contributed by atoms with van der Waals surface area (Å²) in [5.74, 6) is -0.880. The molecule has 1 unspecified atom stereocenters. The van der Waals surface area contributed by atoms with Crippen LogP contribution >= 0.6 is 0 Å². The summed E-state index contributed by atoms with van der Waals surface area (Å²) in [6.45, 7) is 10.8. The number of amides is 1. The molecule has 0 bridgehead atoms. The summed E-state index contributed by atoms with van der Waals surface area (Å²) in [6.07, 6.45) is 0. The first-order chi connectivity index (χ1) is 16.6. The van der Waals surface area contributed by atoms with Crippen LogP contribution in [0.15, 0.2) is 78.4 Å². The number of hydrogen-bond acceptors (Lipinski definition) is 4. The molecular formula is C30H31NO4. The van der Waals surface area contributed by atoms with E-state index in [0.29, 0.717) is 23.6 Å². The minimum absolute atomic E-state index is 0.0443. The van der Waals surface area contributed by atoms with E-state index in [1.807, 2.05) is 50.2 Å². The van der Waals surface area contributed by atoms with Gasteiger partial charge in [0.05, 0.1) is 18.2 Å². The largest absolute Gasteiger partial charge is 0.507 e. The molecule has 1 heterocycles. The fourth-order valence-corrected chi connectivity index (χ4v) is 4.32. The Kier molecular flexibility index (Phi) is 6.53. The molecule has 0 aromatic heterocycles. The molecule has 0 saturated carbocycles. The van der Waals surface area contributed by atoms with Crippen LogP contribution in [0.25, 0.3) is 5.76 Å². The molecule has 0 radical (unpaired) electrons. The van der Waals surface area contributed by atoms with Crippen LogP contribution in [0, 0.1) is 6.92 Å². The van der Waals surface area contributed by atoms with Crippen molar-refractivity contribution in [2.24, 2.45) is 0 Å². The van der Waals surface area contributed by atoms with Gasteiger partial charge in [0.2, 0.25) is 0 Å². The molecule has 5 nitrogen and oxygen atoms in total. The van der Waals surface area contributed by atoms with Gasteiger partial charge in [0.15, 0.2) is 0 Å². The zero-order valence-corrected chi connectivity index (χ0v) is 20.8. The number of hydrogen-bond donors (Lipinski definition) is 1. The summed E-state index contributed by atoms with van der Waals surface area (Å²) in [5.41, 5.74) is 4.01. The maximum absolute atomic E-state index is 13.3. The van der Waals surface area contributed by atoms with E-state index in [0.717, 1.165) is 16.7 Å². The third-order valence-electron chi connectivity index (χ3n) is 6.29. The van der Waals surface area contributed by atoms with Crippen LogP contribution < -0.4 is 9.64 Å². The van der Waals surface area contributed by atoms with E-state index in [1.54, 1.807) is 36.4 Å².